The van der Waals surface area contributed by atoms with Crippen molar-refractivity contribution < 1.29 is 9.53 Å². The molecule has 2 aliphatic rings. The summed E-state index contributed by atoms with van der Waals surface area (Å²) >= 11 is 0. The highest BCUT2D eigenvalue weighted by atomic mass is 35.5. The van der Waals surface area contributed by atoms with E-state index in [1.165, 1.54) is 5.56 Å². The van der Waals surface area contributed by atoms with E-state index in [0.29, 0.717) is 12.0 Å². The summed E-state index contributed by atoms with van der Waals surface area (Å²) in [6.07, 6.45) is 3.14. The zero-order chi connectivity index (χ0) is 14.8. The average Bonchev–Trinajstić information content (AvgIpc) is 3.16. The fourth-order valence-corrected chi connectivity index (χ4v) is 3.55. The predicted molar refractivity (Wildman–Crippen MR) is 89.8 cm³/mol. The molecule has 5 heteroatoms. The van der Waals surface area contributed by atoms with Crippen LogP contribution in [0.2, 0.25) is 0 Å². The van der Waals surface area contributed by atoms with Crippen molar-refractivity contribution in [1.29, 1.82) is 0 Å². The molecule has 122 valence electrons. The van der Waals surface area contributed by atoms with E-state index in [4.69, 9.17) is 4.74 Å². The summed E-state index contributed by atoms with van der Waals surface area (Å²) in [5, 5.41) is 3.32. The van der Waals surface area contributed by atoms with Gasteiger partial charge in [0.15, 0.2) is 0 Å². The van der Waals surface area contributed by atoms with Crippen molar-refractivity contribution >= 4 is 18.3 Å². The zero-order valence-electron chi connectivity index (χ0n) is 13.2. The molecule has 3 atom stereocenters. The van der Waals surface area contributed by atoms with Gasteiger partial charge in [0.1, 0.15) is 5.75 Å². The SMILES string of the molecule is COc1ccc(C2CC(C)N(C(=O)C3CCCN3)C2)cc1.Cl. The first kappa shape index (κ1) is 17.1. The molecule has 2 saturated heterocycles. The Hall–Kier alpha value is -1.26. The fourth-order valence-electron chi connectivity index (χ4n) is 3.55. The third-order valence-electron chi connectivity index (χ3n) is 4.80. The maximum atomic E-state index is 12.6. The van der Waals surface area contributed by atoms with E-state index in [0.717, 1.165) is 38.1 Å². The highest BCUT2D eigenvalue weighted by Gasteiger charge is 2.36. The maximum absolute atomic E-state index is 12.6. The lowest BCUT2D eigenvalue weighted by atomic mass is 9.97. The summed E-state index contributed by atoms with van der Waals surface area (Å²) in [5.41, 5.74) is 1.30. The molecule has 0 aliphatic carbocycles. The molecule has 2 fully saturated rings. The molecular weight excluding hydrogens is 300 g/mol. The Morgan fingerprint density at radius 1 is 1.32 bits per heavy atom. The van der Waals surface area contributed by atoms with Gasteiger partial charge < -0.3 is 15.0 Å². The number of nitrogens with one attached hydrogen (secondary N) is 1. The molecule has 2 heterocycles. The van der Waals surface area contributed by atoms with Crippen molar-refractivity contribution in [2.75, 3.05) is 20.2 Å². The summed E-state index contributed by atoms with van der Waals surface area (Å²) in [5.74, 6) is 1.61. The second-order valence-corrected chi connectivity index (χ2v) is 6.19. The average molecular weight is 325 g/mol. The number of amides is 1. The van der Waals surface area contributed by atoms with Crippen LogP contribution in [0.3, 0.4) is 0 Å². The van der Waals surface area contributed by atoms with Gasteiger partial charge in [-0.25, -0.2) is 0 Å². The van der Waals surface area contributed by atoms with Crippen LogP contribution in [-0.4, -0.2) is 43.1 Å². The molecule has 2 aliphatic heterocycles. The zero-order valence-corrected chi connectivity index (χ0v) is 14.1. The second kappa shape index (κ2) is 7.34. The standard InChI is InChI=1S/C17H24N2O2.ClH/c1-12-10-14(13-5-7-15(21-2)8-6-13)11-19(12)17(20)16-4-3-9-18-16;/h5-8,12,14,16,18H,3-4,9-11H2,1-2H3;1H. The number of methoxy groups -OCH3 is 1. The molecule has 3 rings (SSSR count). The molecule has 22 heavy (non-hydrogen) atoms. The van der Waals surface area contributed by atoms with E-state index in [1.807, 2.05) is 12.1 Å². The number of rotatable bonds is 3. The number of ether oxygens (including phenoxy) is 1. The molecule has 0 bridgehead atoms. The first-order valence-corrected chi connectivity index (χ1v) is 7.87. The lowest BCUT2D eigenvalue weighted by molar-refractivity contribution is -0.133. The van der Waals surface area contributed by atoms with Crippen LogP contribution < -0.4 is 10.1 Å². The fraction of sp³-hybridized carbons (Fsp3) is 0.588. The summed E-state index contributed by atoms with van der Waals surface area (Å²) in [6.45, 7) is 3.97. The van der Waals surface area contributed by atoms with Crippen molar-refractivity contribution in [3.63, 3.8) is 0 Å². The Kier molecular flexibility index (Phi) is 5.70. The summed E-state index contributed by atoms with van der Waals surface area (Å²) in [4.78, 5) is 14.6. The van der Waals surface area contributed by atoms with Crippen LogP contribution in [-0.2, 0) is 4.79 Å². The molecule has 1 aromatic carbocycles. The molecule has 3 unspecified atom stereocenters. The number of carbonyl (C=O) groups excluding carboxylic acids is 1. The number of hydrogen-bond donors (Lipinski definition) is 1. The molecule has 0 saturated carbocycles. The van der Waals surface area contributed by atoms with Crippen molar-refractivity contribution in [3.8, 4) is 5.75 Å². The van der Waals surface area contributed by atoms with E-state index in [-0.39, 0.29) is 24.4 Å². The number of hydrogen-bond acceptors (Lipinski definition) is 3. The Morgan fingerprint density at radius 2 is 2.05 bits per heavy atom. The van der Waals surface area contributed by atoms with Gasteiger partial charge >= 0.3 is 0 Å². The number of halogens is 1. The largest absolute Gasteiger partial charge is 0.497 e. The van der Waals surface area contributed by atoms with Crippen LogP contribution in [0.15, 0.2) is 24.3 Å². The first-order chi connectivity index (χ1) is 10.2. The van der Waals surface area contributed by atoms with Crippen LogP contribution in [0.25, 0.3) is 0 Å². The van der Waals surface area contributed by atoms with Crippen molar-refractivity contribution in [2.45, 2.75) is 44.2 Å². The van der Waals surface area contributed by atoms with Gasteiger partial charge in [-0.05, 0) is 50.4 Å². The van der Waals surface area contributed by atoms with Crippen molar-refractivity contribution in [1.82, 2.24) is 10.2 Å². The molecule has 1 N–H and O–H groups in total. The quantitative estimate of drug-likeness (QED) is 0.929. The Morgan fingerprint density at radius 3 is 2.64 bits per heavy atom. The minimum atomic E-state index is 0. The first-order valence-electron chi connectivity index (χ1n) is 7.87. The second-order valence-electron chi connectivity index (χ2n) is 6.19. The molecule has 0 radical (unpaired) electrons. The normalized spacial score (nSPS) is 27.5. The molecule has 1 amide bonds. The molecule has 0 spiro atoms. The lowest BCUT2D eigenvalue weighted by Gasteiger charge is -2.25. The van der Waals surface area contributed by atoms with Crippen LogP contribution in [0.5, 0.6) is 5.75 Å². The van der Waals surface area contributed by atoms with Crippen LogP contribution >= 0.6 is 12.4 Å². The van der Waals surface area contributed by atoms with Gasteiger partial charge in [0, 0.05) is 18.5 Å². The minimum absolute atomic E-state index is 0. The van der Waals surface area contributed by atoms with Crippen molar-refractivity contribution in [2.24, 2.45) is 0 Å². The Balaban J connectivity index is 0.00000176. The molecule has 0 aromatic heterocycles. The van der Waals surface area contributed by atoms with Gasteiger partial charge in [0.2, 0.25) is 5.91 Å². The third kappa shape index (κ3) is 3.39. The monoisotopic (exact) mass is 324 g/mol. The van der Waals surface area contributed by atoms with E-state index in [2.05, 4.69) is 29.3 Å². The van der Waals surface area contributed by atoms with Gasteiger partial charge in [-0.2, -0.15) is 0 Å². The minimum Gasteiger partial charge on any atom is -0.497 e. The lowest BCUT2D eigenvalue weighted by Crippen LogP contribution is -2.45. The number of likely N-dealkylation sites (tertiary alicyclic amines) is 1. The highest BCUT2D eigenvalue weighted by molar-refractivity contribution is 5.85. The number of benzene rings is 1. The smallest absolute Gasteiger partial charge is 0.239 e. The summed E-state index contributed by atoms with van der Waals surface area (Å²) in [7, 11) is 1.68. The Labute approximate surface area is 138 Å². The van der Waals surface area contributed by atoms with Gasteiger partial charge in [0.25, 0.3) is 0 Å². The van der Waals surface area contributed by atoms with Crippen LogP contribution in [0.1, 0.15) is 37.7 Å². The van der Waals surface area contributed by atoms with E-state index < -0.39 is 0 Å². The topological polar surface area (TPSA) is 41.6 Å². The van der Waals surface area contributed by atoms with E-state index >= 15 is 0 Å². The highest BCUT2D eigenvalue weighted by Crippen LogP contribution is 2.33. The molecular formula is C17H25ClN2O2. The van der Waals surface area contributed by atoms with Gasteiger partial charge in [-0.3, -0.25) is 4.79 Å². The van der Waals surface area contributed by atoms with E-state index in [9.17, 15) is 4.79 Å². The summed E-state index contributed by atoms with van der Waals surface area (Å²) < 4.78 is 5.21. The van der Waals surface area contributed by atoms with Crippen LogP contribution in [0, 0.1) is 0 Å². The van der Waals surface area contributed by atoms with Crippen molar-refractivity contribution in [3.05, 3.63) is 29.8 Å². The molecule has 4 nitrogen and oxygen atoms in total. The summed E-state index contributed by atoms with van der Waals surface area (Å²) in [6, 6.07) is 8.62. The predicted octanol–water partition coefficient (Wildman–Crippen LogP) is 2.57. The third-order valence-corrected chi connectivity index (χ3v) is 4.80. The Bertz CT molecular complexity index is 500. The van der Waals surface area contributed by atoms with Gasteiger partial charge in [0.05, 0.1) is 13.2 Å². The maximum Gasteiger partial charge on any atom is 0.239 e. The van der Waals surface area contributed by atoms with Gasteiger partial charge in [-0.15, -0.1) is 12.4 Å². The van der Waals surface area contributed by atoms with E-state index in [1.54, 1.807) is 7.11 Å². The number of carbonyl (C=O) groups is 1. The molecule has 1 aromatic rings. The number of nitrogens with zero attached hydrogens (tertiary/aromatic N) is 1. The van der Waals surface area contributed by atoms with Gasteiger partial charge in [-0.1, -0.05) is 12.1 Å². The van der Waals surface area contributed by atoms with Crippen LogP contribution in [0.4, 0.5) is 0 Å².